The third-order valence-electron chi connectivity index (χ3n) is 2.27. The first-order valence-corrected chi connectivity index (χ1v) is 5.00. The molecular formula is C9H14N4O2. The monoisotopic (exact) mass is 210 g/mol. The summed E-state index contributed by atoms with van der Waals surface area (Å²) in [7, 11) is 0. The topological polar surface area (TPSA) is 79.0 Å². The Bertz CT molecular complexity index is 306. The van der Waals surface area contributed by atoms with Gasteiger partial charge in [0.1, 0.15) is 0 Å². The van der Waals surface area contributed by atoms with Crippen LogP contribution in [0.3, 0.4) is 0 Å². The second-order valence-electron chi connectivity index (χ2n) is 3.46. The Balaban J connectivity index is 1.68. The van der Waals surface area contributed by atoms with Crippen LogP contribution in [0.2, 0.25) is 0 Å². The lowest BCUT2D eigenvalue weighted by Crippen LogP contribution is -2.34. The van der Waals surface area contributed by atoms with E-state index in [0.29, 0.717) is 12.2 Å². The first-order valence-electron chi connectivity index (χ1n) is 5.00. The quantitative estimate of drug-likeness (QED) is 0.687. The van der Waals surface area contributed by atoms with E-state index in [0.717, 1.165) is 19.4 Å². The van der Waals surface area contributed by atoms with E-state index >= 15 is 0 Å². The molecule has 2 heterocycles. The highest BCUT2D eigenvalue weighted by Crippen LogP contribution is 2.10. The lowest BCUT2D eigenvalue weighted by Gasteiger charge is -2.10. The molecular weight excluding hydrogens is 196 g/mol. The third kappa shape index (κ3) is 2.95. The number of nitrogens with one attached hydrogen (secondary N) is 3. The van der Waals surface area contributed by atoms with Gasteiger partial charge in [-0.2, -0.15) is 5.10 Å². The number of anilines is 1. The summed E-state index contributed by atoms with van der Waals surface area (Å²) >= 11 is 0. The summed E-state index contributed by atoms with van der Waals surface area (Å²) in [5.74, 6) is 0. The summed E-state index contributed by atoms with van der Waals surface area (Å²) < 4.78 is 5.38. The number of nitrogens with zero attached hydrogens (tertiary/aromatic N) is 1. The SMILES string of the molecule is O=C(NCC1CCCO1)Nc1cn[nH]c1. The molecule has 0 radical (unpaired) electrons. The molecule has 1 aromatic rings. The van der Waals surface area contributed by atoms with Crippen molar-refractivity contribution in [2.24, 2.45) is 0 Å². The largest absolute Gasteiger partial charge is 0.376 e. The van der Waals surface area contributed by atoms with Gasteiger partial charge in [0.15, 0.2) is 0 Å². The van der Waals surface area contributed by atoms with Gasteiger partial charge >= 0.3 is 6.03 Å². The van der Waals surface area contributed by atoms with Crippen molar-refractivity contribution in [2.45, 2.75) is 18.9 Å². The van der Waals surface area contributed by atoms with E-state index < -0.39 is 0 Å². The van der Waals surface area contributed by atoms with Crippen molar-refractivity contribution in [1.82, 2.24) is 15.5 Å². The average Bonchev–Trinajstić information content (AvgIpc) is 2.86. The van der Waals surface area contributed by atoms with E-state index in [1.807, 2.05) is 0 Å². The number of H-pyrrole nitrogens is 1. The second kappa shape index (κ2) is 4.79. The summed E-state index contributed by atoms with van der Waals surface area (Å²) in [6.07, 6.45) is 5.43. The highest BCUT2D eigenvalue weighted by molar-refractivity contribution is 5.88. The predicted octanol–water partition coefficient (Wildman–Crippen LogP) is 0.710. The van der Waals surface area contributed by atoms with Gasteiger partial charge in [-0.1, -0.05) is 0 Å². The maximum atomic E-state index is 11.3. The molecule has 3 N–H and O–H groups in total. The number of carbonyl (C=O) groups is 1. The Morgan fingerprint density at radius 3 is 3.33 bits per heavy atom. The molecule has 1 fully saturated rings. The van der Waals surface area contributed by atoms with E-state index in [2.05, 4.69) is 20.8 Å². The fourth-order valence-corrected chi connectivity index (χ4v) is 1.51. The van der Waals surface area contributed by atoms with Crippen molar-refractivity contribution < 1.29 is 9.53 Å². The lowest BCUT2D eigenvalue weighted by molar-refractivity contribution is 0.112. The van der Waals surface area contributed by atoms with Gasteiger partial charge in [-0.25, -0.2) is 4.79 Å². The number of aromatic amines is 1. The number of aromatic nitrogens is 2. The number of hydrogen-bond donors (Lipinski definition) is 3. The van der Waals surface area contributed by atoms with Gasteiger partial charge in [0, 0.05) is 19.3 Å². The van der Waals surface area contributed by atoms with E-state index in [1.165, 1.54) is 0 Å². The van der Waals surface area contributed by atoms with Crippen LogP contribution in [-0.2, 0) is 4.74 Å². The van der Waals surface area contributed by atoms with Crippen LogP contribution in [0.25, 0.3) is 0 Å². The molecule has 15 heavy (non-hydrogen) atoms. The van der Waals surface area contributed by atoms with Crippen molar-refractivity contribution in [3.8, 4) is 0 Å². The molecule has 2 rings (SSSR count). The zero-order valence-corrected chi connectivity index (χ0v) is 8.32. The minimum atomic E-state index is -0.230. The summed E-state index contributed by atoms with van der Waals surface area (Å²) in [5, 5.41) is 11.7. The molecule has 1 saturated heterocycles. The Kier molecular flexibility index (Phi) is 3.18. The van der Waals surface area contributed by atoms with Crippen LogP contribution in [0.5, 0.6) is 0 Å². The van der Waals surface area contributed by atoms with Crippen molar-refractivity contribution in [2.75, 3.05) is 18.5 Å². The number of carbonyl (C=O) groups excluding carboxylic acids is 1. The van der Waals surface area contributed by atoms with Gasteiger partial charge in [0.2, 0.25) is 0 Å². The van der Waals surface area contributed by atoms with Crippen LogP contribution in [0, 0.1) is 0 Å². The normalized spacial score (nSPS) is 20.1. The van der Waals surface area contributed by atoms with Gasteiger partial charge < -0.3 is 15.4 Å². The van der Waals surface area contributed by atoms with Gasteiger partial charge in [0.05, 0.1) is 18.0 Å². The van der Waals surface area contributed by atoms with Crippen LogP contribution in [0.1, 0.15) is 12.8 Å². The summed E-state index contributed by atoms with van der Waals surface area (Å²) in [4.78, 5) is 11.3. The molecule has 1 atom stereocenters. The van der Waals surface area contributed by atoms with E-state index in [4.69, 9.17) is 4.74 Å². The Labute approximate surface area is 87.4 Å². The number of rotatable bonds is 3. The Morgan fingerprint density at radius 2 is 2.67 bits per heavy atom. The van der Waals surface area contributed by atoms with Crippen LogP contribution >= 0.6 is 0 Å². The van der Waals surface area contributed by atoms with Crippen LogP contribution in [-0.4, -0.2) is 35.5 Å². The molecule has 0 aromatic carbocycles. The van der Waals surface area contributed by atoms with Crippen LogP contribution < -0.4 is 10.6 Å². The van der Waals surface area contributed by atoms with E-state index in [9.17, 15) is 4.79 Å². The van der Waals surface area contributed by atoms with Crippen LogP contribution in [0.4, 0.5) is 10.5 Å². The van der Waals surface area contributed by atoms with Gasteiger partial charge in [-0.05, 0) is 12.8 Å². The summed E-state index contributed by atoms with van der Waals surface area (Å²) in [5.41, 5.74) is 0.653. The molecule has 1 aliphatic heterocycles. The van der Waals surface area contributed by atoms with Crippen molar-refractivity contribution in [3.63, 3.8) is 0 Å². The molecule has 2 amide bonds. The number of ether oxygens (including phenoxy) is 1. The van der Waals surface area contributed by atoms with E-state index in [1.54, 1.807) is 12.4 Å². The molecule has 1 aliphatic rings. The fourth-order valence-electron chi connectivity index (χ4n) is 1.51. The molecule has 1 aromatic heterocycles. The van der Waals surface area contributed by atoms with Gasteiger partial charge in [-0.3, -0.25) is 5.10 Å². The minimum absolute atomic E-state index is 0.167. The zero-order valence-electron chi connectivity index (χ0n) is 8.32. The maximum absolute atomic E-state index is 11.3. The van der Waals surface area contributed by atoms with E-state index in [-0.39, 0.29) is 12.1 Å². The molecule has 0 saturated carbocycles. The average molecular weight is 210 g/mol. The highest BCUT2D eigenvalue weighted by atomic mass is 16.5. The van der Waals surface area contributed by atoms with Crippen molar-refractivity contribution >= 4 is 11.7 Å². The van der Waals surface area contributed by atoms with Crippen molar-refractivity contribution in [3.05, 3.63) is 12.4 Å². The minimum Gasteiger partial charge on any atom is -0.376 e. The zero-order chi connectivity index (χ0) is 10.5. The van der Waals surface area contributed by atoms with Gasteiger partial charge in [0.25, 0.3) is 0 Å². The third-order valence-corrected chi connectivity index (χ3v) is 2.27. The molecule has 0 bridgehead atoms. The molecule has 0 aliphatic carbocycles. The second-order valence-corrected chi connectivity index (χ2v) is 3.46. The molecule has 6 heteroatoms. The molecule has 0 spiro atoms. The first kappa shape index (κ1) is 9.97. The Hall–Kier alpha value is -1.56. The standard InChI is InChI=1S/C9H14N4O2/c14-9(13-7-4-11-12-5-7)10-6-8-2-1-3-15-8/h4-5,8H,1-3,6H2,(H,11,12)(H2,10,13,14). The van der Waals surface area contributed by atoms with Crippen LogP contribution in [0.15, 0.2) is 12.4 Å². The summed E-state index contributed by atoms with van der Waals surface area (Å²) in [6, 6.07) is -0.230. The Morgan fingerprint density at radius 1 is 1.73 bits per heavy atom. The van der Waals surface area contributed by atoms with Crippen molar-refractivity contribution in [1.29, 1.82) is 0 Å². The lowest BCUT2D eigenvalue weighted by atomic mass is 10.2. The maximum Gasteiger partial charge on any atom is 0.319 e. The predicted molar refractivity (Wildman–Crippen MR) is 54.6 cm³/mol. The first-order chi connectivity index (χ1) is 7.34. The smallest absolute Gasteiger partial charge is 0.319 e. The molecule has 82 valence electrons. The molecule has 6 nitrogen and oxygen atoms in total. The number of urea groups is 1. The van der Waals surface area contributed by atoms with Gasteiger partial charge in [-0.15, -0.1) is 0 Å². The number of hydrogen-bond acceptors (Lipinski definition) is 3. The molecule has 1 unspecified atom stereocenters. The summed E-state index contributed by atoms with van der Waals surface area (Å²) in [6.45, 7) is 1.36. The highest BCUT2D eigenvalue weighted by Gasteiger charge is 2.15. The fraction of sp³-hybridized carbons (Fsp3) is 0.556. The number of amides is 2.